The molecule has 5 rings (SSSR count). The molecular weight excluding hydrogens is 484 g/mol. The van der Waals surface area contributed by atoms with E-state index in [1.54, 1.807) is 6.92 Å². The second kappa shape index (κ2) is 8.31. The zero-order chi connectivity index (χ0) is 27.3. The molecule has 4 bridgehead atoms. The lowest BCUT2D eigenvalue weighted by molar-refractivity contribution is -0.211. The second-order valence-corrected chi connectivity index (χ2v) is 12.0. The number of rotatable bonds is 7. The summed E-state index contributed by atoms with van der Waals surface area (Å²) >= 11 is 0. The van der Waals surface area contributed by atoms with Crippen LogP contribution in [0.2, 0.25) is 0 Å². The molecule has 1 aliphatic carbocycles. The standard InChI is InChI=1S/C27H38O10/c1-12-22(31)24(6)17(9-33-15(4)28)19-21(30)20-18(10-34-16(5)29)25(7)23(35-11-32-8)13(2)27(20,37-25)14(3)26(12,19)36-24/h12-14,17-20,23H,9-11H2,1-8H3/t12-,13+,14+,17-,18+,19+,20-,23-,24+,25+,26-,27+/m1/s1. The molecule has 2 spiro atoms. The van der Waals surface area contributed by atoms with Gasteiger partial charge in [-0.25, -0.2) is 0 Å². The topological polar surface area (TPSA) is 124 Å². The Morgan fingerprint density at radius 1 is 0.892 bits per heavy atom. The Kier molecular flexibility index (Phi) is 6.00. The summed E-state index contributed by atoms with van der Waals surface area (Å²) in [7, 11) is 1.54. The first kappa shape index (κ1) is 26.7. The molecule has 10 nitrogen and oxygen atoms in total. The van der Waals surface area contributed by atoms with Gasteiger partial charge < -0.3 is 28.4 Å². The SMILES string of the molecule is COCO[C@@H]1[C@H](C)[C@@]23O[C@@]1(C)[C@@H](COC(C)=O)[C@@H]2C(=O)[C@@H]1[C@@H](COC(C)=O)[C@]2(C)O[C@@]1([C@@H]3C)[C@H](C)C2=O. The average molecular weight is 523 g/mol. The number of carbonyl (C=O) groups excluding carboxylic acids is 4. The highest BCUT2D eigenvalue weighted by atomic mass is 16.7. The normalized spacial score (nSPS) is 51.2. The Morgan fingerprint density at radius 2 is 1.46 bits per heavy atom. The number of hydrogen-bond donors (Lipinski definition) is 0. The van der Waals surface area contributed by atoms with E-state index in [1.807, 2.05) is 27.7 Å². The smallest absolute Gasteiger partial charge is 0.302 e. The van der Waals surface area contributed by atoms with Gasteiger partial charge in [-0.1, -0.05) is 20.8 Å². The van der Waals surface area contributed by atoms with E-state index >= 15 is 0 Å². The van der Waals surface area contributed by atoms with Crippen LogP contribution in [-0.4, -0.2) is 79.1 Å². The van der Waals surface area contributed by atoms with Crippen LogP contribution < -0.4 is 0 Å². The van der Waals surface area contributed by atoms with Gasteiger partial charge in [-0.3, -0.25) is 19.2 Å². The first-order valence-electron chi connectivity index (χ1n) is 13.1. The summed E-state index contributed by atoms with van der Waals surface area (Å²) in [4.78, 5) is 51.9. The fourth-order valence-electron chi connectivity index (χ4n) is 9.16. The molecular formula is C27H38O10. The van der Waals surface area contributed by atoms with Gasteiger partial charge in [0, 0.05) is 50.5 Å². The van der Waals surface area contributed by atoms with Crippen LogP contribution >= 0.6 is 0 Å². The third-order valence-corrected chi connectivity index (χ3v) is 10.6. The molecule has 5 fully saturated rings. The molecule has 0 radical (unpaired) electrons. The van der Waals surface area contributed by atoms with E-state index in [1.165, 1.54) is 21.0 Å². The van der Waals surface area contributed by atoms with E-state index in [0.29, 0.717) is 0 Å². The quantitative estimate of drug-likeness (QED) is 0.361. The van der Waals surface area contributed by atoms with Crippen molar-refractivity contribution in [1.82, 2.24) is 0 Å². The van der Waals surface area contributed by atoms with Crippen molar-refractivity contribution in [3.8, 4) is 0 Å². The lowest BCUT2D eigenvalue weighted by Crippen LogP contribution is -2.72. The van der Waals surface area contributed by atoms with Crippen molar-refractivity contribution in [3.63, 3.8) is 0 Å². The van der Waals surface area contributed by atoms with Gasteiger partial charge in [0.1, 0.15) is 18.2 Å². The largest absolute Gasteiger partial charge is 0.465 e. The van der Waals surface area contributed by atoms with Gasteiger partial charge in [-0.2, -0.15) is 0 Å². The summed E-state index contributed by atoms with van der Waals surface area (Å²) in [6, 6.07) is 0. The van der Waals surface area contributed by atoms with Crippen molar-refractivity contribution in [2.24, 2.45) is 41.4 Å². The van der Waals surface area contributed by atoms with Crippen molar-refractivity contribution < 1.29 is 47.6 Å². The molecule has 0 unspecified atom stereocenters. The zero-order valence-corrected chi connectivity index (χ0v) is 22.8. The second-order valence-electron chi connectivity index (χ2n) is 12.0. The van der Waals surface area contributed by atoms with Crippen LogP contribution in [0.25, 0.3) is 0 Å². The van der Waals surface area contributed by atoms with Crippen LogP contribution in [0.5, 0.6) is 0 Å². The van der Waals surface area contributed by atoms with E-state index in [4.69, 9.17) is 28.4 Å². The molecule has 0 aromatic rings. The molecule has 0 N–H and O–H groups in total. The molecule has 0 amide bonds. The first-order chi connectivity index (χ1) is 17.2. The Hall–Kier alpha value is -1.88. The number of methoxy groups -OCH3 is 1. The minimum atomic E-state index is -1.26. The lowest BCUT2D eigenvalue weighted by atomic mass is 9.43. The maximum atomic E-state index is 14.7. The Balaban J connectivity index is 1.66. The van der Waals surface area contributed by atoms with Crippen LogP contribution in [0, 0.1) is 41.4 Å². The van der Waals surface area contributed by atoms with Crippen molar-refractivity contribution in [2.45, 2.75) is 77.0 Å². The minimum Gasteiger partial charge on any atom is -0.465 e. The monoisotopic (exact) mass is 522 g/mol. The number of hydrogen-bond acceptors (Lipinski definition) is 10. The Morgan fingerprint density at radius 3 is 2.03 bits per heavy atom. The predicted octanol–water partition coefficient (Wildman–Crippen LogP) is 1.71. The number of Topliss-reactive ketones (excluding diaryl/α,β-unsaturated/α-hetero) is 2. The van der Waals surface area contributed by atoms with Gasteiger partial charge >= 0.3 is 11.9 Å². The van der Waals surface area contributed by atoms with Crippen molar-refractivity contribution in [2.75, 3.05) is 27.1 Å². The summed E-state index contributed by atoms with van der Waals surface area (Å²) in [5, 5.41) is 0. The third kappa shape index (κ3) is 3.01. The summed E-state index contributed by atoms with van der Waals surface area (Å²) in [5.41, 5.74) is -4.34. The molecule has 1 saturated carbocycles. The maximum Gasteiger partial charge on any atom is 0.302 e. The van der Waals surface area contributed by atoms with Gasteiger partial charge in [0.05, 0.1) is 48.0 Å². The highest BCUT2D eigenvalue weighted by Gasteiger charge is 2.88. The predicted molar refractivity (Wildman–Crippen MR) is 126 cm³/mol. The molecule has 0 aromatic carbocycles. The highest BCUT2D eigenvalue weighted by Crippen LogP contribution is 2.74. The van der Waals surface area contributed by atoms with Gasteiger partial charge in [-0.15, -0.1) is 0 Å². The summed E-state index contributed by atoms with van der Waals surface area (Å²) < 4.78 is 35.8. The third-order valence-electron chi connectivity index (χ3n) is 10.6. The number of esters is 2. The minimum absolute atomic E-state index is 0.00276. The molecule has 0 aromatic heterocycles. The number of carbonyl (C=O) groups is 4. The average Bonchev–Trinajstić information content (AvgIpc) is 3.41. The fraction of sp³-hybridized carbons (Fsp3) is 0.852. The van der Waals surface area contributed by atoms with Gasteiger partial charge in [0.15, 0.2) is 5.78 Å². The fourth-order valence-corrected chi connectivity index (χ4v) is 9.16. The van der Waals surface area contributed by atoms with Gasteiger partial charge in [0.2, 0.25) is 0 Å². The maximum absolute atomic E-state index is 14.7. The molecule has 10 heteroatoms. The van der Waals surface area contributed by atoms with Gasteiger partial charge in [-0.05, 0) is 13.8 Å². The van der Waals surface area contributed by atoms with Crippen molar-refractivity contribution in [1.29, 1.82) is 0 Å². The van der Waals surface area contributed by atoms with Crippen LogP contribution in [-0.2, 0) is 47.6 Å². The van der Waals surface area contributed by atoms with E-state index in [2.05, 4.69) is 0 Å². The summed E-state index contributed by atoms with van der Waals surface area (Å²) in [6.07, 6.45) is -0.440. The van der Waals surface area contributed by atoms with E-state index < -0.39 is 70.0 Å². The number of ketones is 2. The summed E-state index contributed by atoms with van der Waals surface area (Å²) in [6.45, 7) is 12.0. The zero-order valence-electron chi connectivity index (χ0n) is 22.8. The van der Waals surface area contributed by atoms with Crippen molar-refractivity contribution in [3.05, 3.63) is 0 Å². The van der Waals surface area contributed by atoms with Crippen LogP contribution in [0.4, 0.5) is 0 Å². The molecule has 5 aliphatic rings. The highest BCUT2D eigenvalue weighted by molar-refractivity contribution is 6.00. The van der Waals surface area contributed by atoms with E-state index in [-0.39, 0.29) is 43.4 Å². The molecule has 12 atom stereocenters. The van der Waals surface area contributed by atoms with Gasteiger partial charge in [0.25, 0.3) is 0 Å². The molecule has 4 heterocycles. The van der Waals surface area contributed by atoms with E-state index in [0.717, 1.165) is 0 Å². The Bertz CT molecular complexity index is 1040. The Labute approximate surface area is 217 Å². The van der Waals surface area contributed by atoms with Crippen LogP contribution in [0.1, 0.15) is 48.5 Å². The number of ether oxygens (including phenoxy) is 6. The van der Waals surface area contributed by atoms with Crippen LogP contribution in [0.15, 0.2) is 0 Å². The summed E-state index contributed by atoms with van der Waals surface area (Å²) in [5.74, 6) is -4.68. The first-order valence-corrected chi connectivity index (χ1v) is 13.1. The molecule has 206 valence electrons. The molecule has 4 aliphatic heterocycles. The van der Waals surface area contributed by atoms with Crippen LogP contribution in [0.3, 0.4) is 0 Å². The lowest BCUT2D eigenvalue weighted by Gasteiger charge is -2.58. The number of fused-ring (bicyclic) bond motifs is 2. The van der Waals surface area contributed by atoms with Crippen molar-refractivity contribution >= 4 is 23.5 Å². The molecule has 37 heavy (non-hydrogen) atoms. The van der Waals surface area contributed by atoms with E-state index in [9.17, 15) is 19.2 Å². The molecule has 4 saturated heterocycles.